The standard InChI is InChI=1S/C9H9ClO3/c1-12-8-4-3-6(10)5-7(8)9(11)13-2/h3-5H,1-2H3/i9+2. The first-order chi connectivity index (χ1) is 6.19. The van der Waals surface area contributed by atoms with Gasteiger partial charge in [-0.3, -0.25) is 0 Å². The summed E-state index contributed by atoms with van der Waals surface area (Å²) in [6, 6.07) is 4.77. The molecule has 0 spiro atoms. The first kappa shape index (κ1) is 9.86. The van der Waals surface area contributed by atoms with E-state index in [0.717, 1.165) is 0 Å². The van der Waals surface area contributed by atoms with Crippen LogP contribution in [-0.2, 0) is 4.74 Å². The van der Waals surface area contributed by atoms with Gasteiger partial charge in [-0.15, -0.1) is 0 Å². The molecule has 1 aromatic rings. The van der Waals surface area contributed by atoms with Gasteiger partial charge in [-0.25, -0.2) is 4.79 Å². The Labute approximate surface area is 81.2 Å². The highest BCUT2D eigenvalue weighted by Crippen LogP contribution is 2.22. The van der Waals surface area contributed by atoms with Crippen molar-refractivity contribution in [2.45, 2.75) is 0 Å². The van der Waals surface area contributed by atoms with E-state index in [1.54, 1.807) is 12.1 Å². The number of carbonyl (C=O) groups is 1. The van der Waals surface area contributed by atoms with Gasteiger partial charge in [-0.2, -0.15) is 0 Å². The summed E-state index contributed by atoms with van der Waals surface area (Å²) >= 11 is 5.71. The lowest BCUT2D eigenvalue weighted by atomic mass is 10.3. The van der Waals surface area contributed by atoms with Gasteiger partial charge in [0.2, 0.25) is 0 Å². The number of carbonyl (C=O) groups excluding carboxylic acids is 1. The van der Waals surface area contributed by atoms with Crippen LogP contribution in [0.4, 0.5) is 0 Å². The predicted octanol–water partition coefficient (Wildman–Crippen LogP) is 2.14. The molecule has 0 aliphatic carbocycles. The van der Waals surface area contributed by atoms with Crippen molar-refractivity contribution in [2.75, 3.05) is 14.2 Å². The molecule has 0 bridgehead atoms. The second-order valence-corrected chi connectivity index (χ2v) is 2.77. The lowest BCUT2D eigenvalue weighted by molar-refractivity contribution is 0.0597. The molecule has 4 heteroatoms. The van der Waals surface area contributed by atoms with Crippen LogP contribution < -0.4 is 4.74 Å². The molecule has 0 amide bonds. The van der Waals surface area contributed by atoms with Crippen LogP contribution in [-0.4, -0.2) is 20.2 Å². The maximum Gasteiger partial charge on any atom is 0.341 e. The van der Waals surface area contributed by atoms with E-state index in [2.05, 4.69) is 4.74 Å². The number of rotatable bonds is 2. The van der Waals surface area contributed by atoms with E-state index in [1.807, 2.05) is 0 Å². The van der Waals surface area contributed by atoms with Crippen LogP contribution in [0.1, 0.15) is 10.4 Å². The van der Waals surface area contributed by atoms with Crippen LogP contribution in [0.3, 0.4) is 0 Å². The average Bonchev–Trinajstić information content (AvgIpc) is 2.16. The van der Waals surface area contributed by atoms with E-state index in [-0.39, 0.29) is 0 Å². The maximum absolute atomic E-state index is 11.2. The number of esters is 1. The van der Waals surface area contributed by atoms with E-state index in [0.29, 0.717) is 16.3 Å². The van der Waals surface area contributed by atoms with Crippen molar-refractivity contribution in [3.63, 3.8) is 0 Å². The van der Waals surface area contributed by atoms with Gasteiger partial charge < -0.3 is 9.47 Å². The molecule has 1 aromatic carbocycles. The zero-order valence-corrected chi connectivity index (χ0v) is 8.09. The Hall–Kier alpha value is -1.22. The zero-order valence-electron chi connectivity index (χ0n) is 7.33. The normalized spacial score (nSPS) is 9.46. The minimum Gasteiger partial charge on any atom is -0.496 e. The molecule has 0 N–H and O–H groups in total. The molecule has 0 radical (unpaired) electrons. The van der Waals surface area contributed by atoms with Gasteiger partial charge in [0.1, 0.15) is 11.3 Å². The van der Waals surface area contributed by atoms with Crippen molar-refractivity contribution in [1.29, 1.82) is 0 Å². The fraction of sp³-hybridized carbons (Fsp3) is 0.222. The Bertz CT molecular complexity index is 323. The van der Waals surface area contributed by atoms with Gasteiger partial charge >= 0.3 is 5.97 Å². The van der Waals surface area contributed by atoms with Crippen LogP contribution >= 0.6 is 11.6 Å². The number of halogens is 1. The molecule has 3 nitrogen and oxygen atoms in total. The molecule has 1 rings (SSSR count). The third-order valence-corrected chi connectivity index (χ3v) is 1.80. The van der Waals surface area contributed by atoms with Gasteiger partial charge in [0.15, 0.2) is 0 Å². The Morgan fingerprint density at radius 3 is 2.62 bits per heavy atom. The molecule has 0 aliphatic rings. The van der Waals surface area contributed by atoms with Crippen LogP contribution in [0.5, 0.6) is 5.75 Å². The SMILES string of the molecule is COc1ccc(Cl)cc1[14C](=O)OC. The van der Waals surface area contributed by atoms with Crippen LogP contribution in [0.25, 0.3) is 0 Å². The lowest BCUT2D eigenvalue weighted by Crippen LogP contribution is -2.03. The van der Waals surface area contributed by atoms with E-state index in [4.69, 9.17) is 16.3 Å². The summed E-state index contributed by atoms with van der Waals surface area (Å²) in [5, 5.41) is 0.473. The van der Waals surface area contributed by atoms with Crippen molar-refractivity contribution in [1.82, 2.24) is 0 Å². The van der Waals surface area contributed by atoms with Crippen molar-refractivity contribution < 1.29 is 14.3 Å². The van der Waals surface area contributed by atoms with E-state index < -0.39 is 5.97 Å². The predicted molar refractivity (Wildman–Crippen MR) is 49.3 cm³/mol. The summed E-state index contributed by atoms with van der Waals surface area (Å²) in [6.45, 7) is 0. The van der Waals surface area contributed by atoms with Crippen LogP contribution in [0.15, 0.2) is 18.2 Å². The molecular formula is C9H9ClO3. The van der Waals surface area contributed by atoms with E-state index >= 15 is 0 Å². The van der Waals surface area contributed by atoms with E-state index in [1.165, 1.54) is 20.3 Å². The minimum absolute atomic E-state index is 0.331. The zero-order chi connectivity index (χ0) is 9.84. The molecule has 70 valence electrons. The first-order valence-electron chi connectivity index (χ1n) is 3.61. The van der Waals surface area contributed by atoms with Gasteiger partial charge in [0.05, 0.1) is 14.2 Å². The van der Waals surface area contributed by atoms with Crippen molar-refractivity contribution >= 4 is 17.6 Å². The van der Waals surface area contributed by atoms with Gasteiger partial charge in [0.25, 0.3) is 0 Å². The molecule has 0 aliphatic heterocycles. The number of benzene rings is 1. The van der Waals surface area contributed by atoms with Crippen molar-refractivity contribution in [3.05, 3.63) is 28.8 Å². The van der Waals surface area contributed by atoms with Gasteiger partial charge in [0, 0.05) is 5.02 Å². The Morgan fingerprint density at radius 1 is 1.38 bits per heavy atom. The second-order valence-electron chi connectivity index (χ2n) is 2.34. The fourth-order valence-corrected chi connectivity index (χ4v) is 1.12. The lowest BCUT2D eigenvalue weighted by Gasteiger charge is -2.06. The largest absolute Gasteiger partial charge is 0.496 e. The highest BCUT2D eigenvalue weighted by molar-refractivity contribution is 6.31. The summed E-state index contributed by atoms with van der Waals surface area (Å²) < 4.78 is 9.52. The average molecular weight is 203 g/mol. The molecule has 0 atom stereocenters. The minimum atomic E-state index is -0.459. The summed E-state index contributed by atoms with van der Waals surface area (Å²) in [5.41, 5.74) is 0.331. The van der Waals surface area contributed by atoms with E-state index in [9.17, 15) is 4.79 Å². The summed E-state index contributed by atoms with van der Waals surface area (Å²) in [5.74, 6) is -0.00407. The monoisotopic (exact) mass is 202 g/mol. The Morgan fingerprint density at radius 2 is 2.08 bits per heavy atom. The second kappa shape index (κ2) is 4.14. The highest BCUT2D eigenvalue weighted by Gasteiger charge is 2.12. The van der Waals surface area contributed by atoms with Crippen molar-refractivity contribution in [2.24, 2.45) is 0 Å². The first-order valence-corrected chi connectivity index (χ1v) is 3.98. The molecule has 13 heavy (non-hydrogen) atoms. The molecular weight excluding hydrogens is 194 g/mol. The topological polar surface area (TPSA) is 35.5 Å². The highest BCUT2D eigenvalue weighted by atomic mass is 35.5. The van der Waals surface area contributed by atoms with Gasteiger partial charge in [-0.05, 0) is 18.2 Å². The Balaban J connectivity index is 3.15. The molecule has 0 unspecified atom stereocenters. The third kappa shape index (κ3) is 2.12. The number of hydrogen-bond donors (Lipinski definition) is 0. The summed E-state index contributed by atoms with van der Waals surface area (Å²) in [7, 11) is 2.79. The smallest absolute Gasteiger partial charge is 0.341 e. The molecule has 0 fully saturated rings. The fourth-order valence-electron chi connectivity index (χ4n) is 0.950. The molecule has 0 heterocycles. The molecule has 0 aromatic heterocycles. The summed E-state index contributed by atoms with van der Waals surface area (Å²) in [6.07, 6.45) is 0. The van der Waals surface area contributed by atoms with Crippen molar-refractivity contribution in [3.8, 4) is 5.75 Å². The number of ether oxygens (including phenoxy) is 2. The molecule has 0 saturated heterocycles. The number of hydrogen-bond acceptors (Lipinski definition) is 3. The third-order valence-electron chi connectivity index (χ3n) is 1.57. The maximum atomic E-state index is 11.2. The Kier molecular flexibility index (Phi) is 3.14. The van der Waals surface area contributed by atoms with Gasteiger partial charge in [-0.1, -0.05) is 11.6 Å². The van der Waals surface area contributed by atoms with Crippen LogP contribution in [0.2, 0.25) is 5.02 Å². The quantitative estimate of drug-likeness (QED) is 0.690. The molecule has 0 saturated carbocycles. The summed E-state index contributed by atoms with van der Waals surface area (Å²) in [4.78, 5) is 11.2. The number of methoxy groups -OCH3 is 2. The van der Waals surface area contributed by atoms with Crippen LogP contribution in [0, 0.1) is 0 Å².